The Hall–Kier alpha value is -2.70. The summed E-state index contributed by atoms with van der Waals surface area (Å²) < 4.78 is 0. The molecule has 0 radical (unpaired) electrons. The fourth-order valence-electron chi connectivity index (χ4n) is 3.11. The van der Waals surface area contributed by atoms with Gasteiger partial charge in [0.25, 0.3) is 5.91 Å². The summed E-state index contributed by atoms with van der Waals surface area (Å²) in [6, 6.07) is 6.00. The Labute approximate surface area is 146 Å². The molecule has 3 rings (SSSR count). The molecule has 0 saturated carbocycles. The molecule has 2 heterocycles. The number of aromatic amines is 1. The second kappa shape index (κ2) is 7.04. The number of nitrogens with one attached hydrogen (secondary N) is 1. The number of benzene rings is 1. The van der Waals surface area contributed by atoms with E-state index >= 15 is 0 Å². The molecule has 1 aromatic heterocycles. The van der Waals surface area contributed by atoms with Crippen molar-refractivity contribution in [2.75, 3.05) is 6.54 Å². The average Bonchev–Trinajstić information content (AvgIpc) is 3.11. The van der Waals surface area contributed by atoms with Gasteiger partial charge in [-0.05, 0) is 37.5 Å². The van der Waals surface area contributed by atoms with Crippen LogP contribution < -0.4 is 0 Å². The van der Waals surface area contributed by atoms with E-state index in [1.54, 1.807) is 17.0 Å². The number of rotatable bonds is 4. The van der Waals surface area contributed by atoms with Crippen molar-refractivity contribution in [1.82, 2.24) is 20.1 Å². The van der Waals surface area contributed by atoms with Gasteiger partial charge < -0.3 is 10.0 Å². The van der Waals surface area contributed by atoms with Gasteiger partial charge in [-0.25, -0.2) is 9.78 Å². The van der Waals surface area contributed by atoms with E-state index in [0.717, 1.165) is 25.1 Å². The Balaban J connectivity index is 1.88. The first-order chi connectivity index (χ1) is 12.0. The molecule has 7 heteroatoms. The minimum Gasteiger partial charge on any atom is -0.478 e. The topological polar surface area (TPSA) is 99.2 Å². The fourth-order valence-corrected chi connectivity index (χ4v) is 3.11. The molecule has 1 aromatic carbocycles. The summed E-state index contributed by atoms with van der Waals surface area (Å²) in [5, 5.41) is 16.4. The van der Waals surface area contributed by atoms with Crippen LogP contribution in [0.5, 0.6) is 0 Å². The van der Waals surface area contributed by atoms with E-state index in [4.69, 9.17) is 5.11 Å². The maximum absolute atomic E-state index is 13.0. The van der Waals surface area contributed by atoms with Gasteiger partial charge in [-0.3, -0.25) is 9.89 Å². The number of aromatic nitrogens is 3. The monoisotopic (exact) mass is 342 g/mol. The van der Waals surface area contributed by atoms with Gasteiger partial charge in [0.15, 0.2) is 5.82 Å². The highest BCUT2D eigenvalue weighted by Gasteiger charge is 2.31. The van der Waals surface area contributed by atoms with Crippen LogP contribution in [0.2, 0.25) is 0 Å². The van der Waals surface area contributed by atoms with Gasteiger partial charge in [0.1, 0.15) is 5.82 Å². The lowest BCUT2D eigenvalue weighted by atomic mass is 9.99. The Kier molecular flexibility index (Phi) is 4.83. The van der Waals surface area contributed by atoms with Crippen LogP contribution in [-0.2, 0) is 0 Å². The first-order valence-corrected chi connectivity index (χ1v) is 8.54. The summed E-state index contributed by atoms with van der Waals surface area (Å²) in [6.45, 7) is 4.67. The van der Waals surface area contributed by atoms with Gasteiger partial charge >= 0.3 is 5.97 Å². The number of H-pyrrole nitrogens is 1. The van der Waals surface area contributed by atoms with Gasteiger partial charge in [0, 0.05) is 18.0 Å². The number of aromatic carboxylic acids is 1. The van der Waals surface area contributed by atoms with Gasteiger partial charge in [0.2, 0.25) is 0 Å². The third kappa shape index (κ3) is 3.55. The van der Waals surface area contributed by atoms with Crippen LogP contribution >= 0.6 is 0 Å². The number of hydrogen-bond donors (Lipinski definition) is 2. The fraction of sp³-hybridized carbons (Fsp3) is 0.444. The van der Waals surface area contributed by atoms with E-state index in [-0.39, 0.29) is 23.4 Å². The van der Waals surface area contributed by atoms with Crippen LogP contribution in [0.4, 0.5) is 0 Å². The highest BCUT2D eigenvalue weighted by molar-refractivity contribution is 5.97. The molecule has 1 atom stereocenters. The first-order valence-electron chi connectivity index (χ1n) is 8.54. The van der Waals surface area contributed by atoms with Crippen molar-refractivity contribution in [1.29, 1.82) is 0 Å². The molecule has 1 unspecified atom stereocenters. The average molecular weight is 342 g/mol. The number of carbonyl (C=O) groups is 2. The van der Waals surface area contributed by atoms with Crippen molar-refractivity contribution in [3.63, 3.8) is 0 Å². The van der Waals surface area contributed by atoms with Crippen LogP contribution in [0.15, 0.2) is 24.3 Å². The minimum absolute atomic E-state index is 0.112. The molecule has 132 valence electrons. The maximum atomic E-state index is 13.0. The van der Waals surface area contributed by atoms with E-state index in [9.17, 15) is 9.59 Å². The lowest BCUT2D eigenvalue weighted by molar-refractivity contribution is 0.0600. The quantitative estimate of drug-likeness (QED) is 0.890. The molecular weight excluding hydrogens is 320 g/mol. The SMILES string of the molecule is CC(C)c1n[nH]c(C2CCCCN2C(=O)c2cccc(C(=O)O)c2)n1. The maximum Gasteiger partial charge on any atom is 0.335 e. The van der Waals surface area contributed by atoms with Gasteiger partial charge in [0.05, 0.1) is 11.6 Å². The number of likely N-dealkylation sites (tertiary alicyclic amines) is 1. The first kappa shape index (κ1) is 17.1. The predicted octanol–water partition coefficient (Wildman–Crippen LogP) is 2.99. The van der Waals surface area contributed by atoms with Gasteiger partial charge in [-0.2, -0.15) is 5.10 Å². The molecular formula is C18H22N4O3. The third-order valence-electron chi connectivity index (χ3n) is 4.47. The van der Waals surface area contributed by atoms with E-state index in [1.807, 2.05) is 13.8 Å². The van der Waals surface area contributed by atoms with Crippen LogP contribution in [-0.4, -0.2) is 43.6 Å². The summed E-state index contributed by atoms with van der Waals surface area (Å²) in [7, 11) is 0. The van der Waals surface area contributed by atoms with Crippen molar-refractivity contribution in [2.24, 2.45) is 0 Å². The molecule has 0 spiro atoms. The largest absolute Gasteiger partial charge is 0.478 e. The molecule has 2 aromatic rings. The smallest absolute Gasteiger partial charge is 0.335 e. The summed E-state index contributed by atoms with van der Waals surface area (Å²) in [6.07, 6.45) is 2.75. The van der Waals surface area contributed by atoms with Crippen LogP contribution in [0.25, 0.3) is 0 Å². The van der Waals surface area contributed by atoms with E-state index < -0.39 is 5.97 Å². The number of carboxylic acids is 1. The van der Waals surface area contributed by atoms with Crippen molar-refractivity contribution < 1.29 is 14.7 Å². The lowest BCUT2D eigenvalue weighted by Gasteiger charge is -2.34. The van der Waals surface area contributed by atoms with Crippen LogP contribution in [0.3, 0.4) is 0 Å². The van der Waals surface area contributed by atoms with Crippen molar-refractivity contribution >= 4 is 11.9 Å². The molecule has 1 saturated heterocycles. The van der Waals surface area contributed by atoms with Crippen molar-refractivity contribution in [3.05, 3.63) is 47.0 Å². The second-order valence-electron chi connectivity index (χ2n) is 6.63. The number of carbonyl (C=O) groups excluding carboxylic acids is 1. The van der Waals surface area contributed by atoms with Gasteiger partial charge in [-0.15, -0.1) is 0 Å². The molecule has 1 fully saturated rings. The zero-order valence-corrected chi connectivity index (χ0v) is 14.4. The zero-order chi connectivity index (χ0) is 18.0. The Morgan fingerprint density at radius 3 is 2.72 bits per heavy atom. The Morgan fingerprint density at radius 1 is 1.28 bits per heavy atom. The zero-order valence-electron chi connectivity index (χ0n) is 14.4. The minimum atomic E-state index is -1.04. The number of amides is 1. The highest BCUT2D eigenvalue weighted by atomic mass is 16.4. The molecule has 25 heavy (non-hydrogen) atoms. The third-order valence-corrected chi connectivity index (χ3v) is 4.47. The molecule has 1 aliphatic heterocycles. The molecule has 0 aliphatic carbocycles. The highest BCUT2D eigenvalue weighted by Crippen LogP contribution is 2.30. The number of piperidine rings is 1. The van der Waals surface area contributed by atoms with Crippen molar-refractivity contribution in [3.8, 4) is 0 Å². The Bertz CT molecular complexity index is 784. The van der Waals surface area contributed by atoms with Crippen LogP contribution in [0, 0.1) is 0 Å². The van der Waals surface area contributed by atoms with E-state index in [0.29, 0.717) is 17.9 Å². The van der Waals surface area contributed by atoms with Crippen LogP contribution in [0.1, 0.15) is 77.4 Å². The van der Waals surface area contributed by atoms with E-state index in [2.05, 4.69) is 15.2 Å². The molecule has 1 aliphatic rings. The molecule has 2 N–H and O–H groups in total. The van der Waals surface area contributed by atoms with Crippen molar-refractivity contribution in [2.45, 2.75) is 45.1 Å². The number of nitrogens with zero attached hydrogens (tertiary/aromatic N) is 3. The normalized spacial score (nSPS) is 17.7. The predicted molar refractivity (Wildman–Crippen MR) is 91.5 cm³/mol. The molecule has 7 nitrogen and oxygen atoms in total. The van der Waals surface area contributed by atoms with Gasteiger partial charge in [-0.1, -0.05) is 19.9 Å². The summed E-state index contributed by atoms with van der Waals surface area (Å²) in [5.74, 6) is 0.439. The summed E-state index contributed by atoms with van der Waals surface area (Å²) >= 11 is 0. The number of hydrogen-bond acceptors (Lipinski definition) is 4. The number of carboxylic acid groups (broad SMARTS) is 1. The Morgan fingerprint density at radius 2 is 2.04 bits per heavy atom. The lowest BCUT2D eigenvalue weighted by Crippen LogP contribution is -2.39. The second-order valence-corrected chi connectivity index (χ2v) is 6.63. The van der Waals surface area contributed by atoms with E-state index in [1.165, 1.54) is 12.1 Å². The summed E-state index contributed by atoms with van der Waals surface area (Å²) in [5.41, 5.74) is 0.497. The standard InChI is InChI=1S/C18H22N4O3/c1-11(2)15-19-16(21-20-15)14-8-3-4-9-22(14)17(23)12-6-5-7-13(10-12)18(24)25/h5-7,10-11,14H,3-4,8-9H2,1-2H3,(H,24,25)(H,19,20,21). The summed E-state index contributed by atoms with van der Waals surface area (Å²) in [4.78, 5) is 30.4. The molecule has 1 amide bonds. The molecule has 0 bridgehead atoms.